The fourth-order valence-corrected chi connectivity index (χ4v) is 3.45. The first-order valence-corrected chi connectivity index (χ1v) is 9.67. The number of halogens is 2. The molecule has 1 N–H and O–H groups in total. The van der Waals surface area contributed by atoms with Gasteiger partial charge in [0.15, 0.2) is 0 Å². The van der Waals surface area contributed by atoms with Crippen molar-refractivity contribution in [2.45, 2.75) is 19.3 Å². The molecule has 2 aromatic carbocycles. The van der Waals surface area contributed by atoms with E-state index in [4.69, 9.17) is 9.94 Å². The number of oxime groups is 1. The van der Waals surface area contributed by atoms with Crippen molar-refractivity contribution >= 4 is 11.7 Å². The third kappa shape index (κ3) is 5.84. The summed E-state index contributed by atoms with van der Waals surface area (Å²) in [6.07, 6.45) is 1.61. The van der Waals surface area contributed by atoms with Crippen LogP contribution in [0.4, 0.5) is 8.78 Å². The number of likely N-dealkylation sites (tertiary alicyclic amines) is 1. The van der Waals surface area contributed by atoms with E-state index in [2.05, 4.69) is 5.16 Å². The second-order valence-electron chi connectivity index (χ2n) is 7.10. The molecule has 0 saturated carbocycles. The Morgan fingerprint density at radius 2 is 1.86 bits per heavy atom. The third-order valence-electron chi connectivity index (χ3n) is 5.03. The smallest absolute Gasteiger partial charge is 0.307 e. The van der Waals surface area contributed by atoms with E-state index in [0.29, 0.717) is 30.8 Å². The molecular weight excluding hydrogens is 378 g/mol. The van der Waals surface area contributed by atoms with E-state index in [1.165, 1.54) is 12.1 Å². The number of nitrogens with zero attached hydrogens (tertiary/aromatic N) is 2. The molecule has 0 radical (unpaired) electrons. The molecule has 3 rings (SSSR count). The van der Waals surface area contributed by atoms with Gasteiger partial charge in [0.05, 0.1) is 11.6 Å². The van der Waals surface area contributed by atoms with Gasteiger partial charge in [0.25, 0.3) is 0 Å². The van der Waals surface area contributed by atoms with Crippen molar-refractivity contribution in [3.63, 3.8) is 0 Å². The molecule has 0 bridgehead atoms. The number of hydrogen-bond acceptors (Lipinski definition) is 4. The van der Waals surface area contributed by atoms with E-state index in [0.717, 1.165) is 13.0 Å². The van der Waals surface area contributed by atoms with E-state index in [9.17, 15) is 13.6 Å². The Balaban J connectivity index is 1.66. The molecule has 1 aliphatic heterocycles. The predicted molar refractivity (Wildman–Crippen MR) is 106 cm³/mol. The first-order chi connectivity index (χ1) is 14.0. The summed E-state index contributed by atoms with van der Waals surface area (Å²) >= 11 is 0. The summed E-state index contributed by atoms with van der Waals surface area (Å²) in [5.41, 5.74) is 0.966. The molecule has 0 aromatic heterocycles. The molecule has 1 saturated heterocycles. The molecule has 1 heterocycles. The lowest BCUT2D eigenvalue weighted by atomic mass is 9.98. The van der Waals surface area contributed by atoms with E-state index < -0.39 is 11.8 Å². The van der Waals surface area contributed by atoms with Crippen molar-refractivity contribution in [2.24, 2.45) is 11.1 Å². The molecule has 2 aromatic rings. The highest BCUT2D eigenvalue weighted by molar-refractivity contribution is 6.01. The number of benzene rings is 2. The zero-order valence-electron chi connectivity index (χ0n) is 16.1. The summed E-state index contributed by atoms with van der Waals surface area (Å²) < 4.78 is 28.3. The van der Waals surface area contributed by atoms with E-state index in [1.807, 2.05) is 4.90 Å². The summed E-state index contributed by atoms with van der Waals surface area (Å²) in [6.45, 7) is 2.06. The van der Waals surface area contributed by atoms with Crippen molar-refractivity contribution in [1.29, 1.82) is 0 Å². The maximum atomic E-state index is 14.3. The standard InChI is InChI=1S/C22H24F2N2O3/c23-19-9-3-1-6-16(19)14-21(18-8-2-4-10-20(18)24)25-29-13-12-26-11-5-7-17(15-26)22(27)28/h1-4,6,8-10,17H,5,7,11-15H2,(H,27,28)/b25-21+/t17-/m1/s1. The van der Waals surface area contributed by atoms with Crippen LogP contribution >= 0.6 is 0 Å². The Hall–Kier alpha value is -2.80. The molecule has 1 fully saturated rings. The summed E-state index contributed by atoms with van der Waals surface area (Å²) in [7, 11) is 0. The number of carboxylic acid groups (broad SMARTS) is 1. The van der Waals surface area contributed by atoms with E-state index in [-0.39, 0.29) is 30.3 Å². The van der Waals surface area contributed by atoms with E-state index >= 15 is 0 Å². The Morgan fingerprint density at radius 3 is 2.59 bits per heavy atom. The Morgan fingerprint density at radius 1 is 1.14 bits per heavy atom. The molecule has 154 valence electrons. The van der Waals surface area contributed by atoms with Crippen molar-refractivity contribution in [3.8, 4) is 0 Å². The number of carbonyl (C=O) groups is 1. The van der Waals surface area contributed by atoms with Crippen molar-refractivity contribution in [3.05, 3.63) is 71.3 Å². The quantitative estimate of drug-likeness (QED) is 0.415. The number of carboxylic acids is 1. The van der Waals surface area contributed by atoms with Gasteiger partial charge < -0.3 is 9.94 Å². The number of hydrogen-bond donors (Lipinski definition) is 1. The van der Waals surface area contributed by atoms with Crippen molar-refractivity contribution in [2.75, 3.05) is 26.2 Å². The molecular formula is C22H24F2N2O3. The minimum atomic E-state index is -0.777. The fraction of sp³-hybridized carbons (Fsp3) is 0.364. The molecule has 0 spiro atoms. The Labute approximate surface area is 168 Å². The molecule has 7 heteroatoms. The van der Waals surface area contributed by atoms with Gasteiger partial charge in [0.1, 0.15) is 18.2 Å². The number of piperidine rings is 1. The molecule has 0 unspecified atom stereocenters. The van der Waals surface area contributed by atoms with Crippen LogP contribution in [0.15, 0.2) is 53.7 Å². The topological polar surface area (TPSA) is 62.1 Å². The first kappa shape index (κ1) is 20.9. The van der Waals surface area contributed by atoms with Crippen molar-refractivity contribution < 1.29 is 23.5 Å². The van der Waals surface area contributed by atoms with Crippen LogP contribution < -0.4 is 0 Å². The minimum absolute atomic E-state index is 0.0956. The van der Waals surface area contributed by atoms with Crippen LogP contribution in [-0.4, -0.2) is 47.9 Å². The molecule has 5 nitrogen and oxygen atoms in total. The lowest BCUT2D eigenvalue weighted by Crippen LogP contribution is -2.40. The molecule has 0 aliphatic carbocycles. The SMILES string of the molecule is O=C(O)[C@@H]1CCCN(CCO/N=C(\Cc2ccccc2F)c2ccccc2F)C1. The average molecular weight is 402 g/mol. The lowest BCUT2D eigenvalue weighted by Gasteiger charge is -2.29. The van der Waals surface area contributed by atoms with E-state index in [1.54, 1.807) is 36.4 Å². The van der Waals surface area contributed by atoms with Crippen LogP contribution in [0.5, 0.6) is 0 Å². The highest BCUT2D eigenvalue weighted by Gasteiger charge is 2.25. The van der Waals surface area contributed by atoms with Gasteiger partial charge in [-0.2, -0.15) is 0 Å². The van der Waals surface area contributed by atoms with Crippen LogP contribution in [0.1, 0.15) is 24.0 Å². The summed E-state index contributed by atoms with van der Waals surface area (Å²) in [4.78, 5) is 18.6. The van der Waals surface area contributed by atoms with Gasteiger partial charge in [-0.1, -0.05) is 41.6 Å². The molecule has 1 atom stereocenters. The fourth-order valence-electron chi connectivity index (χ4n) is 3.45. The molecule has 29 heavy (non-hydrogen) atoms. The van der Waals surface area contributed by atoms with Gasteiger partial charge in [-0.15, -0.1) is 0 Å². The molecule has 1 aliphatic rings. The van der Waals surface area contributed by atoms with Gasteiger partial charge in [-0.05, 0) is 37.1 Å². The Bertz CT molecular complexity index is 873. The summed E-state index contributed by atoms with van der Waals surface area (Å²) in [6, 6.07) is 12.5. The lowest BCUT2D eigenvalue weighted by molar-refractivity contribution is -0.143. The van der Waals surface area contributed by atoms with Gasteiger partial charge in [0.2, 0.25) is 0 Å². The minimum Gasteiger partial charge on any atom is -0.481 e. The van der Waals surface area contributed by atoms with Gasteiger partial charge in [0, 0.05) is 25.1 Å². The van der Waals surface area contributed by atoms with Crippen LogP contribution in [0, 0.1) is 17.6 Å². The highest BCUT2D eigenvalue weighted by Crippen LogP contribution is 2.17. The van der Waals surface area contributed by atoms with Gasteiger partial charge >= 0.3 is 5.97 Å². The Kier molecular flexibility index (Phi) is 7.30. The van der Waals surface area contributed by atoms with Crippen LogP contribution in [0.3, 0.4) is 0 Å². The zero-order chi connectivity index (χ0) is 20.6. The summed E-state index contributed by atoms with van der Waals surface area (Å²) in [5, 5.41) is 13.3. The van der Waals surface area contributed by atoms with Crippen LogP contribution in [-0.2, 0) is 16.1 Å². The third-order valence-corrected chi connectivity index (χ3v) is 5.03. The van der Waals surface area contributed by atoms with Crippen LogP contribution in [0.2, 0.25) is 0 Å². The zero-order valence-corrected chi connectivity index (χ0v) is 16.1. The van der Waals surface area contributed by atoms with Crippen LogP contribution in [0.25, 0.3) is 0 Å². The van der Waals surface area contributed by atoms with Crippen molar-refractivity contribution in [1.82, 2.24) is 4.90 Å². The van der Waals surface area contributed by atoms with Gasteiger partial charge in [-0.3, -0.25) is 9.69 Å². The maximum absolute atomic E-state index is 14.3. The van der Waals surface area contributed by atoms with Gasteiger partial charge in [-0.25, -0.2) is 8.78 Å². The predicted octanol–water partition coefficient (Wildman–Crippen LogP) is 3.72. The maximum Gasteiger partial charge on any atom is 0.307 e. The number of rotatable bonds is 8. The monoisotopic (exact) mass is 402 g/mol. The molecule has 0 amide bonds. The number of aliphatic carboxylic acids is 1. The normalized spacial score (nSPS) is 17.9. The second kappa shape index (κ2) is 10.1. The largest absolute Gasteiger partial charge is 0.481 e. The second-order valence-corrected chi connectivity index (χ2v) is 7.10. The first-order valence-electron chi connectivity index (χ1n) is 9.67. The highest BCUT2D eigenvalue weighted by atomic mass is 19.1. The summed E-state index contributed by atoms with van der Waals surface area (Å²) in [5.74, 6) is -1.97. The average Bonchev–Trinajstić information content (AvgIpc) is 2.72.